The topological polar surface area (TPSA) is 100 Å². The molecule has 7 heteroatoms. The average Bonchev–Trinajstić information content (AvgIpc) is 2.91. The highest BCUT2D eigenvalue weighted by atomic mass is 16.3. The number of rotatable bonds is 4. The number of hydrogen-bond acceptors (Lipinski definition) is 5. The summed E-state index contributed by atoms with van der Waals surface area (Å²) < 4.78 is 0. The van der Waals surface area contributed by atoms with Gasteiger partial charge in [0.2, 0.25) is 0 Å². The average molecular weight is 536 g/mol. The molecule has 1 aliphatic carbocycles. The summed E-state index contributed by atoms with van der Waals surface area (Å²) in [6, 6.07) is 18.8. The monoisotopic (exact) mass is 535 g/mol. The summed E-state index contributed by atoms with van der Waals surface area (Å²) in [6.45, 7) is 12.4. The largest absolute Gasteiger partial charge is 0.391 e. The SMILES string of the molecule is Cc1cc(NC(=O)NC2c3ccccc3C(C)(C)C[C@H]2O)c(-c2ccccc2)nc1-c1cnc(C(C)(C)C)nc1. The minimum Gasteiger partial charge on any atom is -0.391 e. The van der Waals surface area contributed by atoms with Crippen molar-refractivity contribution in [2.24, 2.45) is 0 Å². The van der Waals surface area contributed by atoms with E-state index in [1.54, 1.807) is 12.4 Å². The lowest BCUT2D eigenvalue weighted by atomic mass is 9.70. The third kappa shape index (κ3) is 5.47. The van der Waals surface area contributed by atoms with Gasteiger partial charge in [-0.05, 0) is 41.5 Å². The number of aliphatic hydroxyl groups excluding tert-OH is 1. The van der Waals surface area contributed by atoms with E-state index in [9.17, 15) is 9.90 Å². The second kappa shape index (κ2) is 10.5. The van der Waals surface area contributed by atoms with Gasteiger partial charge >= 0.3 is 6.03 Å². The second-order valence-electron chi connectivity index (χ2n) is 12.3. The Morgan fingerprint density at radius 3 is 2.27 bits per heavy atom. The van der Waals surface area contributed by atoms with E-state index in [4.69, 9.17) is 4.98 Å². The van der Waals surface area contributed by atoms with Crippen LogP contribution in [0.3, 0.4) is 0 Å². The number of pyridine rings is 1. The van der Waals surface area contributed by atoms with E-state index in [2.05, 4.69) is 61.3 Å². The Kier molecular flexibility index (Phi) is 7.19. The van der Waals surface area contributed by atoms with Crippen LogP contribution >= 0.6 is 0 Å². The van der Waals surface area contributed by atoms with E-state index in [1.165, 1.54) is 0 Å². The van der Waals surface area contributed by atoms with Gasteiger partial charge in [0.25, 0.3) is 0 Å². The van der Waals surface area contributed by atoms with E-state index < -0.39 is 18.2 Å². The Bertz CT molecular complexity index is 1530. The molecule has 3 N–H and O–H groups in total. The molecular formula is C33H37N5O2. The van der Waals surface area contributed by atoms with Crippen molar-refractivity contribution in [2.45, 2.75) is 70.9 Å². The molecule has 1 unspecified atom stereocenters. The third-order valence-corrected chi connectivity index (χ3v) is 7.52. The molecule has 7 nitrogen and oxygen atoms in total. The second-order valence-corrected chi connectivity index (χ2v) is 12.3. The molecule has 0 saturated heterocycles. The number of benzene rings is 2. The van der Waals surface area contributed by atoms with Crippen LogP contribution in [-0.4, -0.2) is 32.2 Å². The molecule has 2 heterocycles. The smallest absolute Gasteiger partial charge is 0.319 e. The van der Waals surface area contributed by atoms with Gasteiger partial charge in [-0.2, -0.15) is 0 Å². The molecule has 5 rings (SSSR count). The van der Waals surface area contributed by atoms with E-state index in [0.717, 1.165) is 39.3 Å². The van der Waals surface area contributed by atoms with Crippen LogP contribution in [0.4, 0.5) is 10.5 Å². The molecule has 2 aromatic heterocycles. The maximum atomic E-state index is 13.4. The molecule has 206 valence electrons. The maximum Gasteiger partial charge on any atom is 0.319 e. The van der Waals surface area contributed by atoms with Crippen molar-refractivity contribution in [3.8, 4) is 22.5 Å². The number of fused-ring (bicyclic) bond motifs is 1. The fourth-order valence-electron chi connectivity index (χ4n) is 5.47. The number of aromatic nitrogens is 3. The molecule has 0 aliphatic heterocycles. The highest BCUT2D eigenvalue weighted by Crippen LogP contribution is 2.41. The molecule has 2 aromatic carbocycles. The number of carbonyl (C=O) groups is 1. The van der Waals surface area contributed by atoms with Gasteiger partial charge in [-0.1, -0.05) is 89.2 Å². The molecule has 0 saturated carbocycles. The fourth-order valence-corrected chi connectivity index (χ4v) is 5.47. The van der Waals surface area contributed by atoms with E-state index >= 15 is 0 Å². The van der Waals surface area contributed by atoms with Crippen molar-refractivity contribution in [1.82, 2.24) is 20.3 Å². The number of amides is 2. The van der Waals surface area contributed by atoms with Crippen LogP contribution < -0.4 is 10.6 Å². The van der Waals surface area contributed by atoms with Crippen molar-refractivity contribution in [1.29, 1.82) is 0 Å². The first-order valence-electron chi connectivity index (χ1n) is 13.7. The molecule has 4 aromatic rings. The Morgan fingerprint density at radius 1 is 0.950 bits per heavy atom. The lowest BCUT2D eigenvalue weighted by Gasteiger charge is -2.40. The lowest BCUT2D eigenvalue weighted by molar-refractivity contribution is 0.0883. The summed E-state index contributed by atoms with van der Waals surface area (Å²) in [7, 11) is 0. The first-order chi connectivity index (χ1) is 18.9. The normalized spacial score (nSPS) is 18.1. The highest BCUT2D eigenvalue weighted by molar-refractivity contribution is 5.94. The molecule has 2 atom stereocenters. The Morgan fingerprint density at radius 2 is 1.60 bits per heavy atom. The number of aryl methyl sites for hydroxylation is 1. The first kappa shape index (κ1) is 27.5. The van der Waals surface area contributed by atoms with Gasteiger partial charge in [-0.3, -0.25) is 0 Å². The van der Waals surface area contributed by atoms with Gasteiger partial charge < -0.3 is 15.7 Å². The Labute approximate surface area is 236 Å². The van der Waals surface area contributed by atoms with Crippen LogP contribution in [0.1, 0.15) is 69.6 Å². The number of carbonyl (C=O) groups excluding carboxylic acids is 1. The zero-order valence-electron chi connectivity index (χ0n) is 24.0. The number of anilines is 1. The number of nitrogens with zero attached hydrogens (tertiary/aromatic N) is 3. The van der Waals surface area contributed by atoms with E-state index in [0.29, 0.717) is 17.8 Å². The summed E-state index contributed by atoms with van der Waals surface area (Å²) in [5.41, 5.74) is 6.27. The quantitative estimate of drug-likeness (QED) is 0.269. The number of nitrogens with one attached hydrogen (secondary N) is 2. The molecule has 0 fully saturated rings. The van der Waals surface area contributed by atoms with Gasteiger partial charge in [-0.25, -0.2) is 19.7 Å². The lowest BCUT2D eigenvalue weighted by Crippen LogP contribution is -2.45. The number of aliphatic hydroxyl groups is 1. The van der Waals surface area contributed by atoms with Crippen molar-refractivity contribution < 1.29 is 9.90 Å². The zero-order chi connectivity index (χ0) is 28.7. The molecule has 0 spiro atoms. The molecular weight excluding hydrogens is 498 g/mol. The minimum atomic E-state index is -0.706. The summed E-state index contributed by atoms with van der Waals surface area (Å²) in [5, 5.41) is 17.1. The molecule has 2 amide bonds. The standard InChI is InChI=1S/C33H37N5O2/c1-20-16-25(36-31(40)38-29-23-14-10-11-15-24(23)33(5,6)17-26(29)39)28(21-12-8-7-9-13-21)37-27(20)22-18-34-30(35-19-22)32(2,3)4/h7-16,18-19,26,29,39H,17H2,1-6H3,(H2,36,38,40)/t26-,29?/m1/s1. The molecule has 0 radical (unpaired) electrons. The van der Waals surface area contributed by atoms with Crippen LogP contribution in [0.15, 0.2) is 73.1 Å². The van der Waals surface area contributed by atoms with E-state index in [1.807, 2.05) is 61.5 Å². The van der Waals surface area contributed by atoms with Gasteiger partial charge in [0.1, 0.15) is 5.82 Å². The molecule has 1 aliphatic rings. The van der Waals surface area contributed by atoms with E-state index in [-0.39, 0.29) is 10.8 Å². The Balaban J connectivity index is 1.48. The van der Waals surface area contributed by atoms with Crippen molar-refractivity contribution in [2.75, 3.05) is 5.32 Å². The summed E-state index contributed by atoms with van der Waals surface area (Å²) in [4.78, 5) is 27.6. The van der Waals surface area contributed by atoms with Crippen LogP contribution in [0.5, 0.6) is 0 Å². The third-order valence-electron chi connectivity index (χ3n) is 7.52. The zero-order valence-corrected chi connectivity index (χ0v) is 24.0. The predicted octanol–water partition coefficient (Wildman–Crippen LogP) is 6.72. The van der Waals surface area contributed by atoms with Crippen molar-refractivity contribution in [3.63, 3.8) is 0 Å². The predicted molar refractivity (Wildman–Crippen MR) is 159 cm³/mol. The maximum absolute atomic E-state index is 13.4. The summed E-state index contributed by atoms with van der Waals surface area (Å²) >= 11 is 0. The number of hydrogen-bond donors (Lipinski definition) is 3. The summed E-state index contributed by atoms with van der Waals surface area (Å²) in [5.74, 6) is 0.766. The van der Waals surface area contributed by atoms with Crippen LogP contribution in [0.2, 0.25) is 0 Å². The Hall–Kier alpha value is -4.10. The van der Waals surface area contributed by atoms with Gasteiger partial charge in [0.15, 0.2) is 0 Å². The highest BCUT2D eigenvalue weighted by Gasteiger charge is 2.39. The van der Waals surface area contributed by atoms with Gasteiger partial charge in [0.05, 0.1) is 29.2 Å². The molecule has 0 bridgehead atoms. The van der Waals surface area contributed by atoms with Crippen molar-refractivity contribution in [3.05, 3.63) is 95.6 Å². The fraction of sp³-hybridized carbons (Fsp3) is 0.333. The van der Waals surface area contributed by atoms with Gasteiger partial charge in [0, 0.05) is 28.9 Å². The van der Waals surface area contributed by atoms with Crippen LogP contribution in [0, 0.1) is 6.92 Å². The summed E-state index contributed by atoms with van der Waals surface area (Å²) in [6.07, 6.45) is 3.46. The van der Waals surface area contributed by atoms with Crippen LogP contribution in [0.25, 0.3) is 22.5 Å². The number of urea groups is 1. The van der Waals surface area contributed by atoms with Crippen LogP contribution in [-0.2, 0) is 10.8 Å². The minimum absolute atomic E-state index is 0.153. The molecule has 40 heavy (non-hydrogen) atoms. The first-order valence-corrected chi connectivity index (χ1v) is 13.7. The van der Waals surface area contributed by atoms with Crippen molar-refractivity contribution >= 4 is 11.7 Å². The van der Waals surface area contributed by atoms with Gasteiger partial charge in [-0.15, -0.1) is 0 Å².